The van der Waals surface area contributed by atoms with Crippen LogP contribution in [0.2, 0.25) is 0 Å². The van der Waals surface area contributed by atoms with Gasteiger partial charge in [0.1, 0.15) is 11.4 Å². The van der Waals surface area contributed by atoms with Gasteiger partial charge in [0, 0.05) is 19.5 Å². The molecular formula is C19H25N3O4. The molecule has 0 bridgehead atoms. The summed E-state index contributed by atoms with van der Waals surface area (Å²) >= 11 is 0. The first-order valence-corrected chi connectivity index (χ1v) is 8.98. The average Bonchev–Trinajstić information content (AvgIpc) is 2.93. The second kappa shape index (κ2) is 6.70. The number of hydrogen-bond acceptors (Lipinski definition) is 6. The molecule has 0 radical (unpaired) electrons. The lowest BCUT2D eigenvalue weighted by molar-refractivity contribution is -0.134. The van der Waals surface area contributed by atoms with Crippen LogP contribution in [-0.4, -0.2) is 41.5 Å². The summed E-state index contributed by atoms with van der Waals surface area (Å²) in [6, 6.07) is 5.22. The van der Waals surface area contributed by atoms with Gasteiger partial charge in [0.25, 0.3) is 0 Å². The molecule has 3 heterocycles. The average molecular weight is 359 g/mol. The minimum atomic E-state index is -0.586. The van der Waals surface area contributed by atoms with Gasteiger partial charge in [0.15, 0.2) is 5.69 Å². The van der Waals surface area contributed by atoms with E-state index in [1.165, 1.54) is 0 Å². The van der Waals surface area contributed by atoms with E-state index < -0.39 is 17.0 Å². The summed E-state index contributed by atoms with van der Waals surface area (Å²) < 4.78 is 5.38. The first-order valence-electron chi connectivity index (χ1n) is 8.98. The molecule has 2 aliphatic heterocycles. The molecule has 2 saturated heterocycles. The molecule has 0 saturated carbocycles. The number of nitrogens with one attached hydrogen (secondary N) is 1. The van der Waals surface area contributed by atoms with Crippen molar-refractivity contribution in [2.75, 3.05) is 18.0 Å². The molecule has 7 heteroatoms. The normalized spacial score (nSPS) is 23.7. The first-order chi connectivity index (χ1) is 12.2. The number of imide groups is 1. The summed E-state index contributed by atoms with van der Waals surface area (Å²) in [6.07, 6.45) is 2.45. The quantitative estimate of drug-likeness (QED) is 0.642. The highest BCUT2D eigenvalue weighted by atomic mass is 16.6. The lowest BCUT2D eigenvalue weighted by Gasteiger charge is -2.26. The third kappa shape index (κ3) is 3.86. The zero-order chi connectivity index (χ0) is 18.9. The molecule has 2 aliphatic rings. The molecule has 2 amide bonds. The summed E-state index contributed by atoms with van der Waals surface area (Å²) in [5, 5.41) is 2.50. The molecule has 1 atom stereocenters. The molecule has 0 aromatic carbocycles. The van der Waals surface area contributed by atoms with Crippen molar-refractivity contribution in [3.63, 3.8) is 0 Å². The summed E-state index contributed by atoms with van der Waals surface area (Å²) in [4.78, 5) is 42.8. The summed E-state index contributed by atoms with van der Waals surface area (Å²) in [5.41, 5.74) is -0.897. The first kappa shape index (κ1) is 18.4. The van der Waals surface area contributed by atoms with Gasteiger partial charge in [-0.3, -0.25) is 14.9 Å². The van der Waals surface area contributed by atoms with Gasteiger partial charge < -0.3 is 9.64 Å². The van der Waals surface area contributed by atoms with E-state index in [9.17, 15) is 14.4 Å². The maximum absolute atomic E-state index is 12.5. The monoisotopic (exact) mass is 359 g/mol. The van der Waals surface area contributed by atoms with Crippen molar-refractivity contribution >= 4 is 23.6 Å². The predicted molar refractivity (Wildman–Crippen MR) is 95.7 cm³/mol. The highest BCUT2D eigenvalue weighted by Crippen LogP contribution is 2.38. The Bertz CT molecular complexity index is 741. The predicted octanol–water partition coefficient (Wildman–Crippen LogP) is 2.06. The summed E-state index contributed by atoms with van der Waals surface area (Å²) in [6.45, 7) is 6.59. The van der Waals surface area contributed by atoms with Crippen molar-refractivity contribution in [2.45, 2.75) is 52.1 Å². The SMILES string of the molecule is CC(C)(C)OC(=O)c1cccc(N2CCC3(CCCC(=O)NC3=O)C2)n1. The van der Waals surface area contributed by atoms with E-state index >= 15 is 0 Å². The Morgan fingerprint density at radius 2 is 2.04 bits per heavy atom. The number of esters is 1. The molecular weight excluding hydrogens is 334 g/mol. The van der Waals surface area contributed by atoms with Crippen LogP contribution < -0.4 is 10.2 Å². The Kier molecular flexibility index (Phi) is 4.73. The fourth-order valence-electron chi connectivity index (χ4n) is 3.52. The lowest BCUT2D eigenvalue weighted by atomic mass is 9.82. The molecule has 1 aromatic rings. The molecule has 1 N–H and O–H groups in total. The maximum Gasteiger partial charge on any atom is 0.357 e. The van der Waals surface area contributed by atoms with Crippen LogP contribution in [0.4, 0.5) is 5.82 Å². The van der Waals surface area contributed by atoms with Crippen molar-refractivity contribution in [1.29, 1.82) is 0 Å². The van der Waals surface area contributed by atoms with Gasteiger partial charge >= 0.3 is 5.97 Å². The second-order valence-corrected chi connectivity index (χ2v) is 8.07. The molecule has 3 rings (SSSR count). The van der Waals surface area contributed by atoms with E-state index in [1.807, 2.05) is 31.7 Å². The van der Waals surface area contributed by atoms with E-state index in [0.717, 1.165) is 0 Å². The van der Waals surface area contributed by atoms with E-state index in [0.29, 0.717) is 44.6 Å². The van der Waals surface area contributed by atoms with Crippen LogP contribution >= 0.6 is 0 Å². The van der Waals surface area contributed by atoms with Gasteiger partial charge in [-0.2, -0.15) is 0 Å². The van der Waals surface area contributed by atoms with Crippen LogP contribution in [0.25, 0.3) is 0 Å². The molecule has 140 valence electrons. The van der Waals surface area contributed by atoms with Crippen LogP contribution in [0.5, 0.6) is 0 Å². The van der Waals surface area contributed by atoms with Crippen molar-refractivity contribution in [1.82, 2.24) is 10.3 Å². The van der Waals surface area contributed by atoms with Crippen LogP contribution in [0.3, 0.4) is 0 Å². The summed E-state index contributed by atoms with van der Waals surface area (Å²) in [7, 11) is 0. The van der Waals surface area contributed by atoms with E-state index in [2.05, 4.69) is 10.3 Å². The van der Waals surface area contributed by atoms with Crippen molar-refractivity contribution in [2.24, 2.45) is 5.41 Å². The topological polar surface area (TPSA) is 88.6 Å². The third-order valence-electron chi connectivity index (χ3n) is 4.81. The maximum atomic E-state index is 12.5. The smallest absolute Gasteiger partial charge is 0.357 e. The summed E-state index contributed by atoms with van der Waals surface area (Å²) in [5.74, 6) is -0.208. The molecule has 1 spiro atoms. The van der Waals surface area contributed by atoms with Crippen LogP contribution in [0.1, 0.15) is 56.9 Å². The van der Waals surface area contributed by atoms with Gasteiger partial charge in [0.2, 0.25) is 11.8 Å². The number of ether oxygens (including phenoxy) is 1. The van der Waals surface area contributed by atoms with Crippen molar-refractivity contribution in [3.05, 3.63) is 23.9 Å². The van der Waals surface area contributed by atoms with Crippen LogP contribution in [0.15, 0.2) is 18.2 Å². The number of aromatic nitrogens is 1. The lowest BCUT2D eigenvalue weighted by Crippen LogP contribution is -2.43. The van der Waals surface area contributed by atoms with Crippen molar-refractivity contribution < 1.29 is 19.1 Å². The van der Waals surface area contributed by atoms with Gasteiger partial charge in [0.05, 0.1) is 5.41 Å². The Hall–Kier alpha value is -2.44. The third-order valence-corrected chi connectivity index (χ3v) is 4.81. The number of amides is 2. The Morgan fingerprint density at radius 3 is 2.77 bits per heavy atom. The fourth-order valence-corrected chi connectivity index (χ4v) is 3.52. The zero-order valence-corrected chi connectivity index (χ0v) is 15.5. The minimum Gasteiger partial charge on any atom is -0.455 e. The number of rotatable bonds is 2. The van der Waals surface area contributed by atoms with E-state index in [1.54, 1.807) is 12.1 Å². The fraction of sp³-hybridized carbons (Fsp3) is 0.579. The number of nitrogens with zero attached hydrogens (tertiary/aromatic N) is 2. The molecule has 0 aliphatic carbocycles. The van der Waals surface area contributed by atoms with Crippen LogP contribution in [0, 0.1) is 5.41 Å². The Morgan fingerprint density at radius 1 is 1.27 bits per heavy atom. The Labute approximate surface area is 153 Å². The van der Waals surface area contributed by atoms with Crippen molar-refractivity contribution in [3.8, 4) is 0 Å². The second-order valence-electron chi connectivity index (χ2n) is 8.07. The molecule has 1 aromatic heterocycles. The molecule has 26 heavy (non-hydrogen) atoms. The number of anilines is 1. The zero-order valence-electron chi connectivity index (χ0n) is 15.5. The number of carbonyl (C=O) groups excluding carboxylic acids is 3. The molecule has 1 unspecified atom stereocenters. The minimum absolute atomic E-state index is 0.189. The molecule has 2 fully saturated rings. The standard InChI is InChI=1S/C19H25N3O4/c1-18(2,3)26-16(24)13-6-4-7-14(20-13)22-11-10-19(12-22)9-5-8-15(23)21-17(19)25/h4,6-7H,5,8-12H2,1-3H3,(H,21,23,25). The van der Waals surface area contributed by atoms with Gasteiger partial charge in [-0.15, -0.1) is 0 Å². The Balaban J connectivity index is 1.77. The van der Waals surface area contributed by atoms with Crippen LogP contribution in [-0.2, 0) is 14.3 Å². The number of carbonyl (C=O) groups is 3. The van der Waals surface area contributed by atoms with Gasteiger partial charge in [-0.25, -0.2) is 9.78 Å². The van der Waals surface area contributed by atoms with E-state index in [-0.39, 0.29) is 17.5 Å². The number of pyridine rings is 1. The van der Waals surface area contributed by atoms with Gasteiger partial charge in [-0.1, -0.05) is 6.07 Å². The highest BCUT2D eigenvalue weighted by molar-refractivity contribution is 5.99. The molecule has 7 nitrogen and oxygen atoms in total. The van der Waals surface area contributed by atoms with Gasteiger partial charge in [-0.05, 0) is 52.2 Å². The largest absolute Gasteiger partial charge is 0.455 e. The number of hydrogen-bond donors (Lipinski definition) is 1. The van der Waals surface area contributed by atoms with E-state index in [4.69, 9.17) is 4.74 Å². The highest BCUT2D eigenvalue weighted by Gasteiger charge is 2.46.